The van der Waals surface area contributed by atoms with Crippen molar-refractivity contribution in [2.45, 2.75) is 18.2 Å². The van der Waals surface area contributed by atoms with E-state index in [1.54, 1.807) is 17.0 Å². The van der Waals surface area contributed by atoms with E-state index in [0.29, 0.717) is 35.4 Å². The summed E-state index contributed by atoms with van der Waals surface area (Å²) in [5.41, 5.74) is 0.590. The number of H-pyrrole nitrogens is 1. The summed E-state index contributed by atoms with van der Waals surface area (Å²) in [6.45, 7) is 2.50. The minimum atomic E-state index is -0.768. The van der Waals surface area contributed by atoms with Crippen LogP contribution in [0.15, 0.2) is 29.4 Å². The number of aromatic amines is 1. The highest BCUT2D eigenvalue weighted by molar-refractivity contribution is 7.99. The smallest absolute Gasteiger partial charge is 0.233 e. The molecule has 1 amide bonds. The number of hydrogen-bond acceptors (Lipinski definition) is 8. The van der Waals surface area contributed by atoms with Crippen LogP contribution in [-0.4, -0.2) is 78.9 Å². The SMILES string of the molecule is COc1ccc(C(C)=O)c(OCC2CN(C(=O)CSc3nc4c(F)cc(F)cc4[nH]3)CCO2)c1OC. The average Bonchev–Trinajstić information content (AvgIpc) is 3.28. The molecule has 36 heavy (non-hydrogen) atoms. The quantitative estimate of drug-likeness (QED) is 0.337. The monoisotopic (exact) mass is 521 g/mol. The highest BCUT2D eigenvalue weighted by Crippen LogP contribution is 2.40. The minimum absolute atomic E-state index is 0.0211. The second-order valence-electron chi connectivity index (χ2n) is 7.99. The molecule has 3 aromatic rings. The number of carbonyl (C=O) groups is 2. The molecule has 1 unspecified atom stereocenters. The first-order chi connectivity index (χ1) is 17.3. The van der Waals surface area contributed by atoms with Crippen LogP contribution >= 0.6 is 11.8 Å². The third kappa shape index (κ3) is 5.54. The van der Waals surface area contributed by atoms with Crippen molar-refractivity contribution in [1.82, 2.24) is 14.9 Å². The van der Waals surface area contributed by atoms with Gasteiger partial charge in [-0.05, 0) is 25.1 Å². The van der Waals surface area contributed by atoms with Crippen LogP contribution < -0.4 is 14.2 Å². The van der Waals surface area contributed by atoms with Crippen molar-refractivity contribution < 1.29 is 37.3 Å². The molecule has 0 radical (unpaired) electrons. The molecule has 12 heteroatoms. The minimum Gasteiger partial charge on any atom is -0.493 e. The molecule has 1 N–H and O–H groups in total. The highest BCUT2D eigenvalue weighted by Gasteiger charge is 2.27. The zero-order valence-electron chi connectivity index (χ0n) is 19.9. The van der Waals surface area contributed by atoms with Crippen LogP contribution in [0.5, 0.6) is 17.2 Å². The molecule has 1 saturated heterocycles. The van der Waals surface area contributed by atoms with Crippen molar-refractivity contribution >= 4 is 34.5 Å². The van der Waals surface area contributed by atoms with Crippen LogP contribution in [0.1, 0.15) is 17.3 Å². The van der Waals surface area contributed by atoms with Crippen LogP contribution in [0.4, 0.5) is 8.78 Å². The first-order valence-electron chi connectivity index (χ1n) is 11.1. The Balaban J connectivity index is 1.37. The number of thioether (sulfide) groups is 1. The molecule has 1 aliphatic rings. The molecule has 0 saturated carbocycles. The van der Waals surface area contributed by atoms with E-state index >= 15 is 0 Å². The lowest BCUT2D eigenvalue weighted by Crippen LogP contribution is -2.48. The zero-order chi connectivity index (χ0) is 25.8. The fourth-order valence-corrected chi connectivity index (χ4v) is 4.63. The molecule has 4 rings (SSSR count). The van der Waals surface area contributed by atoms with Crippen LogP contribution in [0.2, 0.25) is 0 Å². The van der Waals surface area contributed by atoms with Crippen molar-refractivity contribution in [3.05, 3.63) is 41.5 Å². The number of amides is 1. The number of Topliss-reactive ketones (excluding diaryl/α,β-unsaturated/α-hetero) is 1. The molecule has 192 valence electrons. The number of carbonyl (C=O) groups excluding carboxylic acids is 2. The summed E-state index contributed by atoms with van der Waals surface area (Å²) in [6.07, 6.45) is -0.438. The second kappa shape index (κ2) is 11.1. The number of ketones is 1. The molecule has 1 aromatic heterocycles. The molecular formula is C24H25F2N3O6S. The Morgan fingerprint density at radius 2 is 2.03 bits per heavy atom. The number of rotatable bonds is 9. The fraction of sp³-hybridized carbons (Fsp3) is 0.375. The lowest BCUT2D eigenvalue weighted by Gasteiger charge is -2.33. The van der Waals surface area contributed by atoms with E-state index in [-0.39, 0.29) is 47.4 Å². The summed E-state index contributed by atoms with van der Waals surface area (Å²) in [7, 11) is 2.94. The number of benzene rings is 2. The van der Waals surface area contributed by atoms with Crippen molar-refractivity contribution in [3.8, 4) is 17.2 Å². The van der Waals surface area contributed by atoms with E-state index in [2.05, 4.69) is 9.97 Å². The van der Waals surface area contributed by atoms with E-state index in [1.807, 2.05) is 0 Å². The predicted molar refractivity (Wildman–Crippen MR) is 128 cm³/mol. The first kappa shape index (κ1) is 25.7. The van der Waals surface area contributed by atoms with Gasteiger partial charge in [0.2, 0.25) is 11.7 Å². The normalized spacial score (nSPS) is 15.7. The Morgan fingerprint density at radius 3 is 2.75 bits per heavy atom. The second-order valence-corrected chi connectivity index (χ2v) is 8.96. The van der Waals surface area contributed by atoms with E-state index < -0.39 is 17.7 Å². The van der Waals surface area contributed by atoms with Gasteiger partial charge in [0.15, 0.2) is 28.3 Å². The van der Waals surface area contributed by atoms with E-state index in [0.717, 1.165) is 23.9 Å². The summed E-state index contributed by atoms with van der Waals surface area (Å²) in [5, 5.41) is 0.317. The van der Waals surface area contributed by atoms with Gasteiger partial charge in [-0.1, -0.05) is 11.8 Å². The van der Waals surface area contributed by atoms with Gasteiger partial charge in [-0.2, -0.15) is 0 Å². The molecule has 1 aliphatic heterocycles. The Labute approximate surface area is 210 Å². The van der Waals surface area contributed by atoms with Gasteiger partial charge in [0.05, 0.1) is 44.2 Å². The van der Waals surface area contributed by atoms with Gasteiger partial charge in [-0.25, -0.2) is 13.8 Å². The number of morpholine rings is 1. The Hall–Kier alpha value is -3.38. The number of nitrogens with zero attached hydrogens (tertiary/aromatic N) is 2. The first-order valence-corrected chi connectivity index (χ1v) is 12.0. The van der Waals surface area contributed by atoms with Crippen molar-refractivity contribution in [2.75, 3.05) is 46.3 Å². The maximum atomic E-state index is 13.9. The van der Waals surface area contributed by atoms with Crippen molar-refractivity contribution in [3.63, 3.8) is 0 Å². The van der Waals surface area contributed by atoms with Gasteiger partial charge in [0.25, 0.3) is 0 Å². The zero-order valence-corrected chi connectivity index (χ0v) is 20.7. The number of halogens is 2. The topological polar surface area (TPSA) is 103 Å². The van der Waals surface area contributed by atoms with Gasteiger partial charge in [0.1, 0.15) is 24.0 Å². The number of nitrogens with one attached hydrogen (secondary N) is 1. The van der Waals surface area contributed by atoms with E-state index in [9.17, 15) is 18.4 Å². The van der Waals surface area contributed by atoms with E-state index in [4.69, 9.17) is 18.9 Å². The van der Waals surface area contributed by atoms with Gasteiger partial charge in [0, 0.05) is 12.6 Å². The van der Waals surface area contributed by atoms with Crippen molar-refractivity contribution in [2.24, 2.45) is 0 Å². The third-order valence-electron chi connectivity index (χ3n) is 5.60. The summed E-state index contributed by atoms with van der Waals surface area (Å²) >= 11 is 1.10. The Morgan fingerprint density at radius 1 is 1.22 bits per heavy atom. The molecule has 2 heterocycles. The van der Waals surface area contributed by atoms with E-state index in [1.165, 1.54) is 21.1 Å². The molecule has 1 atom stereocenters. The molecule has 1 fully saturated rings. The summed E-state index contributed by atoms with van der Waals surface area (Å²) < 4.78 is 49.7. The van der Waals surface area contributed by atoms with Crippen LogP contribution in [0, 0.1) is 11.6 Å². The van der Waals surface area contributed by atoms with Gasteiger partial charge in [-0.3, -0.25) is 9.59 Å². The highest BCUT2D eigenvalue weighted by atomic mass is 32.2. The summed E-state index contributed by atoms with van der Waals surface area (Å²) in [5.74, 6) is -0.815. The Bertz CT molecular complexity index is 1280. The van der Waals surface area contributed by atoms with Crippen molar-refractivity contribution in [1.29, 1.82) is 0 Å². The number of fused-ring (bicyclic) bond motifs is 1. The van der Waals surface area contributed by atoms with Crippen LogP contribution in [0.25, 0.3) is 11.0 Å². The molecular weight excluding hydrogens is 496 g/mol. The number of aromatic nitrogens is 2. The van der Waals surface area contributed by atoms with Gasteiger partial charge in [-0.15, -0.1) is 0 Å². The fourth-order valence-electron chi connectivity index (χ4n) is 3.85. The lowest BCUT2D eigenvalue weighted by molar-refractivity contribution is -0.137. The summed E-state index contributed by atoms with van der Waals surface area (Å²) in [6, 6.07) is 5.15. The molecule has 0 aliphatic carbocycles. The number of hydrogen-bond donors (Lipinski definition) is 1. The maximum absolute atomic E-state index is 13.9. The molecule has 9 nitrogen and oxygen atoms in total. The predicted octanol–water partition coefficient (Wildman–Crippen LogP) is 3.46. The molecule has 0 bridgehead atoms. The number of methoxy groups -OCH3 is 2. The lowest BCUT2D eigenvalue weighted by atomic mass is 10.1. The standard InChI is InChI=1S/C24H25F2N3O6S/c1-13(30)16-4-5-19(32-2)23(33-3)22(16)35-11-15-10-29(6-7-34-15)20(31)12-36-24-27-18-9-14(25)8-17(26)21(18)28-24/h4-5,8-9,15H,6-7,10-12H2,1-3H3,(H,27,28). The average molecular weight is 522 g/mol. The maximum Gasteiger partial charge on any atom is 0.233 e. The molecule has 0 spiro atoms. The number of ether oxygens (including phenoxy) is 4. The molecule has 2 aromatic carbocycles. The van der Waals surface area contributed by atoms with Gasteiger partial charge < -0.3 is 28.8 Å². The van der Waals surface area contributed by atoms with Crippen LogP contribution in [0.3, 0.4) is 0 Å². The Kier molecular flexibility index (Phi) is 7.94. The number of imidazole rings is 1. The summed E-state index contributed by atoms with van der Waals surface area (Å²) in [4.78, 5) is 33.5. The third-order valence-corrected chi connectivity index (χ3v) is 6.46. The van der Waals surface area contributed by atoms with Gasteiger partial charge >= 0.3 is 0 Å². The van der Waals surface area contributed by atoms with Crippen LogP contribution in [-0.2, 0) is 9.53 Å². The largest absolute Gasteiger partial charge is 0.493 e.